The van der Waals surface area contributed by atoms with Gasteiger partial charge in [-0.3, -0.25) is 0 Å². The third-order valence-corrected chi connectivity index (χ3v) is 4.01. The molecule has 118 valence electrons. The summed E-state index contributed by atoms with van der Waals surface area (Å²) in [5, 5.41) is 4.01. The number of nitrogens with zero attached hydrogens (tertiary/aromatic N) is 2. The van der Waals surface area contributed by atoms with Crippen LogP contribution in [0.5, 0.6) is 0 Å². The molecule has 0 bridgehead atoms. The second kappa shape index (κ2) is 7.24. The van der Waals surface area contributed by atoms with Crippen LogP contribution in [0.1, 0.15) is 5.69 Å². The van der Waals surface area contributed by atoms with E-state index in [1.54, 1.807) is 6.26 Å². The number of halogens is 1. The number of nitrogens with one attached hydrogen (secondary N) is 1. The second-order valence-corrected chi connectivity index (χ2v) is 5.92. The minimum atomic E-state index is 0.230. The van der Waals surface area contributed by atoms with Crippen molar-refractivity contribution < 1.29 is 9.15 Å². The Morgan fingerprint density at radius 1 is 1.41 bits per heavy atom. The van der Waals surface area contributed by atoms with E-state index >= 15 is 0 Å². The van der Waals surface area contributed by atoms with E-state index in [-0.39, 0.29) is 6.10 Å². The maximum absolute atomic E-state index is 6.15. The molecule has 1 aromatic carbocycles. The van der Waals surface area contributed by atoms with Gasteiger partial charge in [0.1, 0.15) is 6.26 Å². The summed E-state index contributed by atoms with van der Waals surface area (Å²) in [5.74, 6) is 0.552. The molecule has 2 aromatic rings. The van der Waals surface area contributed by atoms with E-state index in [4.69, 9.17) is 20.8 Å². The Balaban J connectivity index is 1.53. The monoisotopic (exact) mass is 321 g/mol. The Kier molecular flexibility index (Phi) is 5.10. The van der Waals surface area contributed by atoms with Crippen molar-refractivity contribution in [2.24, 2.45) is 0 Å². The fourth-order valence-corrected chi connectivity index (χ4v) is 2.71. The van der Waals surface area contributed by atoms with Gasteiger partial charge >= 0.3 is 0 Å². The number of benzene rings is 1. The van der Waals surface area contributed by atoms with E-state index < -0.39 is 0 Å². The van der Waals surface area contributed by atoms with Crippen LogP contribution in [-0.2, 0) is 11.3 Å². The molecule has 2 heterocycles. The molecule has 1 fully saturated rings. The van der Waals surface area contributed by atoms with Gasteiger partial charge in [0, 0.05) is 26.2 Å². The van der Waals surface area contributed by atoms with E-state index in [1.165, 1.54) is 0 Å². The molecule has 1 aromatic heterocycles. The summed E-state index contributed by atoms with van der Waals surface area (Å²) in [6.45, 7) is 4.21. The van der Waals surface area contributed by atoms with Crippen LogP contribution >= 0.6 is 11.6 Å². The standard InChI is InChI=1S/C16H20ClN3O2/c1-20-6-7-21-13(10-20)9-18-8-12-11-22-16(19-12)14-4-2-3-5-15(14)17/h2-5,11,13,18H,6-10H2,1H3/t13-/m0/s1. The van der Waals surface area contributed by atoms with Crippen LogP contribution in [0.2, 0.25) is 5.02 Å². The maximum atomic E-state index is 6.15. The molecule has 22 heavy (non-hydrogen) atoms. The van der Waals surface area contributed by atoms with Gasteiger partial charge in [-0.15, -0.1) is 0 Å². The number of ether oxygens (including phenoxy) is 1. The smallest absolute Gasteiger partial charge is 0.227 e. The van der Waals surface area contributed by atoms with E-state index in [0.717, 1.165) is 37.5 Å². The zero-order chi connectivity index (χ0) is 15.4. The quantitative estimate of drug-likeness (QED) is 0.916. The molecule has 0 aliphatic carbocycles. The summed E-state index contributed by atoms with van der Waals surface area (Å²) in [7, 11) is 2.11. The van der Waals surface area contributed by atoms with Crippen LogP contribution in [0.4, 0.5) is 0 Å². The normalized spacial score (nSPS) is 19.5. The van der Waals surface area contributed by atoms with Crippen molar-refractivity contribution in [2.75, 3.05) is 33.3 Å². The van der Waals surface area contributed by atoms with Gasteiger partial charge in [0.2, 0.25) is 5.89 Å². The third-order valence-electron chi connectivity index (χ3n) is 3.68. The number of aromatic nitrogens is 1. The Bertz CT molecular complexity index is 617. The average molecular weight is 322 g/mol. The molecule has 1 saturated heterocycles. The third kappa shape index (κ3) is 3.87. The lowest BCUT2D eigenvalue weighted by molar-refractivity contribution is -0.0182. The highest BCUT2D eigenvalue weighted by molar-refractivity contribution is 6.33. The van der Waals surface area contributed by atoms with Crippen LogP contribution < -0.4 is 5.32 Å². The molecule has 1 atom stereocenters. The van der Waals surface area contributed by atoms with Crippen LogP contribution in [0.3, 0.4) is 0 Å². The SMILES string of the molecule is CN1CCO[C@@H](CNCc2coc(-c3ccccc3Cl)n2)C1. The first kappa shape index (κ1) is 15.5. The molecule has 5 nitrogen and oxygen atoms in total. The summed E-state index contributed by atoms with van der Waals surface area (Å²) < 4.78 is 11.2. The summed E-state index contributed by atoms with van der Waals surface area (Å²) in [6.07, 6.45) is 1.90. The van der Waals surface area contributed by atoms with Crippen LogP contribution in [0.25, 0.3) is 11.5 Å². The van der Waals surface area contributed by atoms with Gasteiger partial charge < -0.3 is 19.4 Å². The molecule has 0 unspecified atom stereocenters. The van der Waals surface area contributed by atoms with E-state index in [0.29, 0.717) is 17.5 Å². The second-order valence-electron chi connectivity index (χ2n) is 5.51. The predicted octanol–water partition coefficient (Wildman–Crippen LogP) is 2.42. The highest BCUT2D eigenvalue weighted by Gasteiger charge is 2.17. The lowest BCUT2D eigenvalue weighted by Gasteiger charge is -2.30. The molecule has 0 radical (unpaired) electrons. The molecule has 1 aliphatic rings. The highest BCUT2D eigenvalue weighted by atomic mass is 35.5. The first-order valence-corrected chi connectivity index (χ1v) is 7.80. The first-order valence-electron chi connectivity index (χ1n) is 7.42. The molecule has 0 saturated carbocycles. The summed E-state index contributed by atoms with van der Waals surface area (Å²) in [4.78, 5) is 6.75. The zero-order valence-corrected chi connectivity index (χ0v) is 13.3. The van der Waals surface area contributed by atoms with Gasteiger partial charge in [-0.05, 0) is 19.2 Å². The Hall–Kier alpha value is -1.40. The lowest BCUT2D eigenvalue weighted by Crippen LogP contribution is -2.44. The van der Waals surface area contributed by atoms with Gasteiger partial charge in [-0.1, -0.05) is 23.7 Å². The van der Waals surface area contributed by atoms with Crippen molar-refractivity contribution in [3.8, 4) is 11.5 Å². The van der Waals surface area contributed by atoms with Gasteiger partial charge in [0.25, 0.3) is 0 Å². The molecule has 6 heteroatoms. The topological polar surface area (TPSA) is 50.5 Å². The Labute approximate surface area is 135 Å². The van der Waals surface area contributed by atoms with Crippen molar-refractivity contribution in [2.45, 2.75) is 12.6 Å². The number of morpholine rings is 1. The zero-order valence-electron chi connectivity index (χ0n) is 12.6. The molecular formula is C16H20ClN3O2. The molecule has 0 amide bonds. The van der Waals surface area contributed by atoms with E-state index in [9.17, 15) is 0 Å². The van der Waals surface area contributed by atoms with Crippen molar-refractivity contribution in [3.63, 3.8) is 0 Å². The Morgan fingerprint density at radius 2 is 2.27 bits per heavy atom. The molecule has 1 aliphatic heterocycles. The van der Waals surface area contributed by atoms with Crippen molar-refractivity contribution in [3.05, 3.63) is 41.2 Å². The van der Waals surface area contributed by atoms with Crippen molar-refractivity contribution >= 4 is 11.6 Å². The fraction of sp³-hybridized carbons (Fsp3) is 0.438. The van der Waals surface area contributed by atoms with Gasteiger partial charge in [0.05, 0.1) is 29.0 Å². The number of likely N-dealkylation sites (N-methyl/N-ethyl adjacent to an activating group) is 1. The maximum Gasteiger partial charge on any atom is 0.227 e. The molecule has 3 rings (SSSR count). The summed E-state index contributed by atoms with van der Waals surface area (Å²) >= 11 is 6.15. The molecule has 1 N–H and O–H groups in total. The number of hydrogen-bond acceptors (Lipinski definition) is 5. The van der Waals surface area contributed by atoms with Crippen LogP contribution in [-0.4, -0.2) is 49.3 Å². The average Bonchev–Trinajstić information content (AvgIpc) is 2.96. The van der Waals surface area contributed by atoms with E-state index in [2.05, 4.69) is 22.2 Å². The Morgan fingerprint density at radius 3 is 3.09 bits per heavy atom. The largest absolute Gasteiger partial charge is 0.444 e. The van der Waals surface area contributed by atoms with Gasteiger partial charge in [-0.2, -0.15) is 0 Å². The number of hydrogen-bond donors (Lipinski definition) is 1. The minimum Gasteiger partial charge on any atom is -0.444 e. The minimum absolute atomic E-state index is 0.230. The fourth-order valence-electron chi connectivity index (χ4n) is 2.50. The van der Waals surface area contributed by atoms with Gasteiger partial charge in [-0.25, -0.2) is 4.98 Å². The number of oxazole rings is 1. The predicted molar refractivity (Wildman–Crippen MR) is 85.9 cm³/mol. The first-order chi connectivity index (χ1) is 10.7. The highest BCUT2D eigenvalue weighted by Crippen LogP contribution is 2.26. The van der Waals surface area contributed by atoms with Crippen molar-refractivity contribution in [1.82, 2.24) is 15.2 Å². The summed E-state index contributed by atoms with van der Waals surface area (Å²) in [5.41, 5.74) is 1.67. The van der Waals surface area contributed by atoms with Gasteiger partial charge in [0.15, 0.2) is 0 Å². The van der Waals surface area contributed by atoms with Crippen LogP contribution in [0.15, 0.2) is 34.9 Å². The van der Waals surface area contributed by atoms with Crippen molar-refractivity contribution in [1.29, 1.82) is 0 Å². The van der Waals surface area contributed by atoms with Crippen LogP contribution in [0, 0.1) is 0 Å². The number of rotatable bonds is 5. The summed E-state index contributed by atoms with van der Waals surface area (Å²) in [6, 6.07) is 7.53. The molecular weight excluding hydrogens is 302 g/mol. The van der Waals surface area contributed by atoms with E-state index in [1.807, 2.05) is 24.3 Å². The lowest BCUT2D eigenvalue weighted by atomic mass is 10.2. The molecule has 0 spiro atoms.